The second-order valence-electron chi connectivity index (χ2n) is 18.0. The van der Waals surface area contributed by atoms with Gasteiger partial charge in [-0.1, -0.05) is 161 Å². The van der Waals surface area contributed by atoms with Gasteiger partial charge >= 0.3 is 11.9 Å². The number of carbonyl (C=O) groups excluding carboxylic acids is 2. The van der Waals surface area contributed by atoms with E-state index in [1.807, 2.05) is 0 Å². The Balaban J connectivity index is 1.82. The van der Waals surface area contributed by atoms with Crippen LogP contribution in [0.1, 0.15) is 194 Å². The first kappa shape index (κ1) is 58.4. The van der Waals surface area contributed by atoms with Gasteiger partial charge in [0.15, 0.2) is 18.7 Å². The van der Waals surface area contributed by atoms with Gasteiger partial charge in [-0.2, -0.15) is 0 Å². The zero-order valence-electron chi connectivity index (χ0n) is 39.5. The van der Waals surface area contributed by atoms with E-state index >= 15 is 0 Å². The van der Waals surface area contributed by atoms with E-state index in [9.17, 15) is 45.3 Å². The smallest absolute Gasteiger partial charge is 0.306 e. The fraction of sp³-hybridized carbons (Fsp3) is 0.918. The topological polar surface area (TPSA) is 231 Å². The molecule has 15 heteroatoms. The molecule has 0 amide bonds. The highest BCUT2D eigenvalue weighted by Gasteiger charge is 2.47. The summed E-state index contributed by atoms with van der Waals surface area (Å²) in [6, 6.07) is 0. The van der Waals surface area contributed by atoms with Crippen molar-refractivity contribution < 1.29 is 73.8 Å². The Morgan fingerprint density at radius 2 is 0.906 bits per heavy atom. The van der Waals surface area contributed by atoms with Crippen LogP contribution in [0.25, 0.3) is 0 Å². The minimum Gasteiger partial charge on any atom is -0.462 e. The van der Waals surface area contributed by atoms with E-state index in [-0.39, 0.29) is 26.1 Å². The van der Waals surface area contributed by atoms with Crippen LogP contribution in [0.3, 0.4) is 0 Å². The first-order valence-electron chi connectivity index (χ1n) is 25.3. The summed E-state index contributed by atoms with van der Waals surface area (Å²) < 4.78 is 33.6. The predicted octanol–water partition coefficient (Wildman–Crippen LogP) is 6.60. The van der Waals surface area contributed by atoms with Crippen LogP contribution < -0.4 is 0 Å². The lowest BCUT2D eigenvalue weighted by Gasteiger charge is -2.42. The maximum atomic E-state index is 13.0. The molecule has 64 heavy (non-hydrogen) atoms. The van der Waals surface area contributed by atoms with Crippen molar-refractivity contribution in [1.29, 1.82) is 0 Å². The molecule has 0 aromatic rings. The number of unbranched alkanes of at least 4 members (excludes halogenated alkanes) is 23. The third-order valence-electron chi connectivity index (χ3n) is 12.2. The summed E-state index contributed by atoms with van der Waals surface area (Å²) >= 11 is 0. The van der Waals surface area contributed by atoms with Gasteiger partial charge in [-0.25, -0.2) is 0 Å². The van der Waals surface area contributed by atoms with Crippen molar-refractivity contribution in [2.45, 2.75) is 261 Å². The fourth-order valence-corrected chi connectivity index (χ4v) is 8.02. The molecule has 2 rings (SSSR count). The lowest BCUT2D eigenvalue weighted by molar-refractivity contribution is -0.332. The first-order valence-corrected chi connectivity index (χ1v) is 25.3. The summed E-state index contributed by atoms with van der Waals surface area (Å²) in [5, 5.41) is 72.0. The number of esters is 2. The molecule has 2 fully saturated rings. The number of hydrogen-bond acceptors (Lipinski definition) is 15. The molecule has 4 unspecified atom stereocenters. The van der Waals surface area contributed by atoms with Crippen molar-refractivity contribution in [3.8, 4) is 0 Å². The molecule has 11 atom stereocenters. The fourth-order valence-electron chi connectivity index (χ4n) is 8.02. The van der Waals surface area contributed by atoms with Crippen LogP contribution in [0.2, 0.25) is 0 Å². The Bertz CT molecular complexity index is 1170. The van der Waals surface area contributed by atoms with Gasteiger partial charge < -0.3 is 64.2 Å². The summed E-state index contributed by atoms with van der Waals surface area (Å²) in [6.07, 6.45) is 18.1. The summed E-state index contributed by atoms with van der Waals surface area (Å²) in [5.41, 5.74) is 0. The molecule has 0 aromatic heterocycles. The molecular formula is C49H90O15. The number of ether oxygens (including phenoxy) is 6. The van der Waals surface area contributed by atoms with E-state index in [1.165, 1.54) is 109 Å². The summed E-state index contributed by atoms with van der Waals surface area (Å²) in [7, 11) is 0. The molecule has 2 aliphatic rings. The van der Waals surface area contributed by atoms with Gasteiger partial charge in [0, 0.05) is 12.8 Å². The molecule has 0 aliphatic carbocycles. The number of allylic oxidation sites excluding steroid dienone is 2. The molecule has 0 aromatic carbocycles. The second-order valence-corrected chi connectivity index (χ2v) is 18.0. The van der Waals surface area contributed by atoms with Crippen molar-refractivity contribution in [2.24, 2.45) is 0 Å². The van der Waals surface area contributed by atoms with Gasteiger partial charge in [-0.3, -0.25) is 9.59 Å². The Hall–Kier alpha value is -1.76. The standard InChI is InChI=1S/C49H90O15/c1-3-5-7-9-11-13-15-17-18-20-22-24-26-28-30-32-41(52)62-37(34-59-40(51)31-29-27-25-23-21-19-16-14-12-10-8-6-4-2)35-60-48-47(58)45(56)43(54)39(64-48)36-61-49-46(57)44(55)42(53)38(33-50)63-49/h9,11,37-39,42-50,53-58H,3-8,10,12-36H2,1-2H3/b11-9+/t37-,38-,39-,42+,43+,44?,45?,46?,47?,48-,49-/m1/s1. The maximum absolute atomic E-state index is 13.0. The van der Waals surface area contributed by atoms with Crippen LogP contribution in [0.4, 0.5) is 0 Å². The number of rotatable bonds is 39. The third kappa shape index (κ3) is 25.4. The molecule has 0 saturated carbocycles. The van der Waals surface area contributed by atoms with Gasteiger partial charge in [0.05, 0.1) is 19.8 Å². The second kappa shape index (κ2) is 37.2. The molecule has 2 heterocycles. The van der Waals surface area contributed by atoms with E-state index in [4.69, 9.17) is 28.4 Å². The maximum Gasteiger partial charge on any atom is 0.306 e. The molecule has 0 radical (unpaired) electrons. The SMILES string of the molecule is CCCC/C=C/CCCCCCCCCCCC(=O)O[C@H](COC(=O)CCCCCCCCCCCCCCC)CO[C@@H]1O[C@H](CO[C@@H]2O[C@H](CO)[C@H](O)C(O)C2O)[C@H](O)C(O)C1O. The molecule has 15 nitrogen and oxygen atoms in total. The minimum atomic E-state index is -1.76. The van der Waals surface area contributed by atoms with Crippen molar-refractivity contribution >= 4 is 11.9 Å². The van der Waals surface area contributed by atoms with Crippen molar-refractivity contribution in [3.05, 3.63) is 12.2 Å². The normalized spacial score (nSPS) is 26.6. The Labute approximate surface area is 384 Å². The largest absolute Gasteiger partial charge is 0.462 e. The average Bonchev–Trinajstić information content (AvgIpc) is 3.29. The summed E-state index contributed by atoms with van der Waals surface area (Å²) in [4.78, 5) is 25.7. The van der Waals surface area contributed by atoms with E-state index < -0.39 is 92.7 Å². The molecule has 7 N–H and O–H groups in total. The molecular weight excluding hydrogens is 829 g/mol. The van der Waals surface area contributed by atoms with Crippen LogP contribution in [0.5, 0.6) is 0 Å². The quantitative estimate of drug-likeness (QED) is 0.0196. The third-order valence-corrected chi connectivity index (χ3v) is 12.2. The van der Waals surface area contributed by atoms with Gasteiger partial charge in [0.25, 0.3) is 0 Å². The predicted molar refractivity (Wildman–Crippen MR) is 243 cm³/mol. The first-order chi connectivity index (χ1) is 31.0. The van der Waals surface area contributed by atoms with Crippen LogP contribution >= 0.6 is 0 Å². The lowest BCUT2D eigenvalue weighted by atomic mass is 9.98. The van der Waals surface area contributed by atoms with Gasteiger partial charge in [0.2, 0.25) is 0 Å². The van der Waals surface area contributed by atoms with Gasteiger partial charge in [-0.15, -0.1) is 0 Å². The number of carbonyl (C=O) groups is 2. The highest BCUT2D eigenvalue weighted by Crippen LogP contribution is 2.26. The monoisotopic (exact) mass is 919 g/mol. The average molecular weight is 919 g/mol. The van der Waals surface area contributed by atoms with E-state index in [0.29, 0.717) is 12.8 Å². The zero-order valence-corrected chi connectivity index (χ0v) is 39.5. The number of hydrogen-bond donors (Lipinski definition) is 7. The molecule has 0 bridgehead atoms. The molecule has 376 valence electrons. The van der Waals surface area contributed by atoms with E-state index in [2.05, 4.69) is 26.0 Å². The Morgan fingerprint density at radius 3 is 1.42 bits per heavy atom. The highest BCUT2D eigenvalue weighted by atomic mass is 16.7. The molecule has 2 aliphatic heterocycles. The highest BCUT2D eigenvalue weighted by molar-refractivity contribution is 5.70. The Kier molecular flexibility index (Phi) is 34.0. The van der Waals surface area contributed by atoms with Crippen molar-refractivity contribution in [2.75, 3.05) is 26.4 Å². The van der Waals surface area contributed by atoms with Crippen LogP contribution in [-0.4, -0.2) is 142 Å². The molecule has 0 spiro atoms. The lowest BCUT2D eigenvalue weighted by Crippen LogP contribution is -2.61. The summed E-state index contributed by atoms with van der Waals surface area (Å²) in [6.45, 7) is 2.57. The van der Waals surface area contributed by atoms with Crippen molar-refractivity contribution in [3.63, 3.8) is 0 Å². The minimum absolute atomic E-state index is 0.167. The molecule has 2 saturated heterocycles. The zero-order chi connectivity index (χ0) is 46.8. The van der Waals surface area contributed by atoms with Gasteiger partial charge in [-0.05, 0) is 32.1 Å². The van der Waals surface area contributed by atoms with Gasteiger partial charge in [0.1, 0.15) is 55.4 Å². The van der Waals surface area contributed by atoms with Crippen LogP contribution in [0.15, 0.2) is 12.2 Å². The van der Waals surface area contributed by atoms with Crippen molar-refractivity contribution in [1.82, 2.24) is 0 Å². The number of aliphatic hydroxyl groups excluding tert-OH is 7. The van der Waals surface area contributed by atoms with E-state index in [0.717, 1.165) is 44.9 Å². The Morgan fingerprint density at radius 1 is 0.484 bits per heavy atom. The van der Waals surface area contributed by atoms with Crippen LogP contribution in [0, 0.1) is 0 Å². The van der Waals surface area contributed by atoms with Crippen LogP contribution in [-0.2, 0) is 38.0 Å². The van der Waals surface area contributed by atoms with E-state index in [1.54, 1.807) is 0 Å². The number of aliphatic hydroxyl groups is 7. The summed E-state index contributed by atoms with van der Waals surface area (Å²) in [5.74, 6) is -0.919.